The van der Waals surface area contributed by atoms with Crippen LogP contribution in [0.5, 0.6) is 5.75 Å². The maximum Gasteiger partial charge on any atom is 0.408 e. The summed E-state index contributed by atoms with van der Waals surface area (Å²) in [5.74, 6) is 0.619. The highest BCUT2D eigenvalue weighted by Crippen LogP contribution is 2.31. The molecule has 12 heteroatoms. The molecule has 4 rings (SSSR count). The third-order valence-electron chi connectivity index (χ3n) is 8.99. The van der Waals surface area contributed by atoms with Crippen molar-refractivity contribution in [3.05, 3.63) is 35.4 Å². The number of aromatic nitrogens is 2. The van der Waals surface area contributed by atoms with E-state index in [1.54, 1.807) is 39.8 Å². The first-order valence-corrected chi connectivity index (χ1v) is 16.5. The predicted molar refractivity (Wildman–Crippen MR) is 171 cm³/mol. The summed E-state index contributed by atoms with van der Waals surface area (Å²) in [6.45, 7) is 15.7. The van der Waals surface area contributed by atoms with Gasteiger partial charge in [-0.05, 0) is 76.3 Å². The van der Waals surface area contributed by atoms with Crippen molar-refractivity contribution in [3.63, 3.8) is 0 Å². The minimum atomic E-state index is -1.12. The number of nitrogens with zero attached hydrogens (tertiary/aromatic N) is 5. The van der Waals surface area contributed by atoms with E-state index in [-0.39, 0.29) is 11.5 Å². The van der Waals surface area contributed by atoms with E-state index < -0.39 is 41.4 Å². The van der Waals surface area contributed by atoms with E-state index in [9.17, 15) is 14.9 Å². The summed E-state index contributed by atoms with van der Waals surface area (Å²) in [5, 5.41) is 16.3. The Morgan fingerprint density at radius 2 is 1.87 bits per heavy atom. The molecule has 1 N–H and O–H groups in total. The summed E-state index contributed by atoms with van der Waals surface area (Å²) < 4.78 is 32.3. The van der Waals surface area contributed by atoms with Gasteiger partial charge in [0.15, 0.2) is 5.82 Å². The van der Waals surface area contributed by atoms with Crippen molar-refractivity contribution in [3.8, 4) is 11.8 Å². The Hall–Kier alpha value is -3.88. The van der Waals surface area contributed by atoms with Gasteiger partial charge in [-0.15, -0.1) is 0 Å². The molecule has 2 saturated heterocycles. The van der Waals surface area contributed by atoms with E-state index in [1.165, 1.54) is 11.0 Å². The van der Waals surface area contributed by atoms with Gasteiger partial charge in [-0.2, -0.15) is 10.2 Å². The van der Waals surface area contributed by atoms with Gasteiger partial charge in [0, 0.05) is 37.5 Å². The lowest BCUT2D eigenvalue weighted by atomic mass is 9.84. The molecule has 11 nitrogen and oxygen atoms in total. The Morgan fingerprint density at radius 3 is 2.48 bits per heavy atom. The maximum absolute atomic E-state index is 15.5. The molecule has 2 aliphatic rings. The lowest BCUT2D eigenvalue weighted by Crippen LogP contribution is -2.53. The molecule has 2 fully saturated rings. The van der Waals surface area contributed by atoms with Crippen LogP contribution in [0.2, 0.25) is 0 Å². The van der Waals surface area contributed by atoms with Gasteiger partial charge >= 0.3 is 12.1 Å². The molecule has 46 heavy (non-hydrogen) atoms. The average Bonchev–Trinajstić information content (AvgIpc) is 3.69. The number of nitriles is 1. The van der Waals surface area contributed by atoms with Crippen molar-refractivity contribution < 1.29 is 28.0 Å². The topological polar surface area (TPSA) is 134 Å². The normalized spacial score (nSPS) is 19.4. The van der Waals surface area contributed by atoms with Crippen molar-refractivity contribution in [2.45, 2.75) is 110 Å². The third-order valence-corrected chi connectivity index (χ3v) is 8.99. The zero-order valence-corrected chi connectivity index (χ0v) is 28.2. The number of anilines is 1. The van der Waals surface area contributed by atoms with Crippen LogP contribution in [0.4, 0.5) is 15.2 Å². The summed E-state index contributed by atoms with van der Waals surface area (Å²) in [5.41, 5.74) is -0.522. The maximum atomic E-state index is 15.5. The number of piperidine rings is 1. The monoisotopic (exact) mass is 640 g/mol. The number of amides is 2. The lowest BCUT2D eigenvalue weighted by molar-refractivity contribution is -0.134. The highest BCUT2D eigenvalue weighted by molar-refractivity contribution is 5.87. The number of benzene rings is 1. The zero-order chi connectivity index (χ0) is 33.6. The van der Waals surface area contributed by atoms with Crippen LogP contribution in [0.1, 0.15) is 104 Å². The molecular formula is C34H49FN6O5. The van der Waals surface area contributed by atoms with Gasteiger partial charge in [0.25, 0.3) is 0 Å². The quantitative estimate of drug-likeness (QED) is 0.306. The molecule has 2 aromatic rings. The Kier molecular flexibility index (Phi) is 11.5. The highest BCUT2D eigenvalue weighted by atomic mass is 19.1. The van der Waals surface area contributed by atoms with Crippen LogP contribution in [0.3, 0.4) is 0 Å². The predicted octanol–water partition coefficient (Wildman–Crippen LogP) is 6.17. The number of likely N-dealkylation sites (tertiary alicyclic amines) is 1. The van der Waals surface area contributed by atoms with Gasteiger partial charge in [-0.3, -0.25) is 4.79 Å². The molecule has 1 aromatic heterocycles. The second kappa shape index (κ2) is 15.1. The van der Waals surface area contributed by atoms with E-state index in [0.29, 0.717) is 49.6 Å². The number of nitrogens with one attached hydrogen (secondary N) is 1. The minimum Gasteiger partial charge on any atom is -0.493 e. The number of rotatable bonds is 11. The lowest BCUT2D eigenvalue weighted by Gasteiger charge is -2.33. The smallest absolute Gasteiger partial charge is 0.408 e. The molecule has 4 atom stereocenters. The van der Waals surface area contributed by atoms with Crippen LogP contribution in [0.15, 0.2) is 22.7 Å². The van der Waals surface area contributed by atoms with Gasteiger partial charge in [0.1, 0.15) is 29.3 Å². The second-order valence-electron chi connectivity index (χ2n) is 13.9. The van der Waals surface area contributed by atoms with Gasteiger partial charge in [0.2, 0.25) is 5.91 Å². The summed E-state index contributed by atoms with van der Waals surface area (Å²) in [7, 11) is 0. The van der Waals surface area contributed by atoms with Crippen LogP contribution in [-0.4, -0.2) is 71.0 Å². The molecule has 0 aliphatic carbocycles. The number of carbonyl (C=O) groups is 2. The molecule has 2 amide bonds. The van der Waals surface area contributed by atoms with Crippen LogP contribution in [0, 0.1) is 29.0 Å². The molecule has 0 unspecified atom stereocenters. The van der Waals surface area contributed by atoms with E-state index in [0.717, 1.165) is 38.2 Å². The van der Waals surface area contributed by atoms with Crippen LogP contribution >= 0.6 is 0 Å². The zero-order valence-electron chi connectivity index (χ0n) is 28.2. The van der Waals surface area contributed by atoms with E-state index in [1.807, 2.05) is 13.8 Å². The van der Waals surface area contributed by atoms with E-state index in [2.05, 4.69) is 33.4 Å². The number of ether oxygens (including phenoxy) is 2. The van der Waals surface area contributed by atoms with Crippen molar-refractivity contribution in [1.82, 2.24) is 20.4 Å². The molecule has 0 saturated carbocycles. The molecular weight excluding hydrogens is 591 g/mol. The van der Waals surface area contributed by atoms with Crippen molar-refractivity contribution in [1.29, 1.82) is 5.26 Å². The average molecular weight is 641 g/mol. The number of halogens is 1. The molecule has 1 aromatic carbocycles. The Labute approximate surface area is 271 Å². The van der Waals surface area contributed by atoms with E-state index in [4.69, 9.17) is 14.0 Å². The number of carbonyl (C=O) groups excluding carboxylic acids is 2. The molecule has 0 spiro atoms. The number of hydrogen-bond donors (Lipinski definition) is 1. The Morgan fingerprint density at radius 1 is 1.15 bits per heavy atom. The van der Waals surface area contributed by atoms with Crippen LogP contribution in [-0.2, 0) is 9.53 Å². The van der Waals surface area contributed by atoms with Crippen LogP contribution in [0.25, 0.3) is 0 Å². The summed E-state index contributed by atoms with van der Waals surface area (Å²) in [4.78, 5) is 34.5. The van der Waals surface area contributed by atoms with E-state index >= 15 is 4.39 Å². The third kappa shape index (κ3) is 8.89. The van der Waals surface area contributed by atoms with Gasteiger partial charge in [-0.1, -0.05) is 38.9 Å². The highest BCUT2D eigenvalue weighted by Gasteiger charge is 2.38. The van der Waals surface area contributed by atoms with Crippen molar-refractivity contribution in [2.24, 2.45) is 11.8 Å². The number of alkyl carbamates (subject to hydrolysis) is 1. The fraction of sp³-hybridized carbons (Fsp3) is 0.676. The summed E-state index contributed by atoms with van der Waals surface area (Å²) in [6.07, 6.45) is 3.34. The first-order chi connectivity index (χ1) is 21.8. The first-order valence-electron chi connectivity index (χ1n) is 16.5. The SMILES string of the molecule is CC(C)c1noc(N2CCC([C@H](C)CCOc3ccc([C@@H](C)[C@H](NC(=O)OC(C)(C)C)C(=O)N4CCC[C@H]4C#N)c(F)c3)CC2)n1. The largest absolute Gasteiger partial charge is 0.493 e. The fourth-order valence-corrected chi connectivity index (χ4v) is 6.17. The standard InChI is InChI=1S/C34H49FN6O5/c1-21(2)30-38-32(46-39-30)40-16-12-24(13-17-40)22(3)14-18-44-26-10-11-27(28(35)19-26)23(4)29(37-33(43)45-34(5,6)7)31(42)41-15-8-9-25(41)20-36/h10-11,19,21-25,29H,8-9,12-18H2,1-7H3,(H,37,43)/t22-,23-,25+,29+/m1/s1. The molecule has 3 heterocycles. The van der Waals surface area contributed by atoms with Gasteiger partial charge in [0.05, 0.1) is 12.7 Å². The molecule has 2 aliphatic heterocycles. The first kappa shape index (κ1) is 35.0. The summed E-state index contributed by atoms with van der Waals surface area (Å²) in [6, 6.07) is 5.67. The van der Waals surface area contributed by atoms with Crippen LogP contribution < -0.4 is 15.0 Å². The molecule has 0 bridgehead atoms. The van der Waals surface area contributed by atoms with Gasteiger partial charge < -0.3 is 29.1 Å². The van der Waals surface area contributed by atoms with Gasteiger partial charge in [-0.25, -0.2) is 9.18 Å². The summed E-state index contributed by atoms with van der Waals surface area (Å²) >= 11 is 0. The Balaban J connectivity index is 1.33. The van der Waals surface area contributed by atoms with Crippen molar-refractivity contribution >= 4 is 18.0 Å². The molecule has 0 radical (unpaired) electrons. The second-order valence-corrected chi connectivity index (χ2v) is 13.9. The molecule has 252 valence electrons. The fourth-order valence-electron chi connectivity index (χ4n) is 6.17. The number of hydrogen-bond acceptors (Lipinski definition) is 9. The minimum absolute atomic E-state index is 0.225. The van der Waals surface area contributed by atoms with Crippen molar-refractivity contribution in [2.75, 3.05) is 31.1 Å². The Bertz CT molecular complexity index is 1380.